The van der Waals surface area contributed by atoms with Gasteiger partial charge in [-0.05, 0) is 24.6 Å². The van der Waals surface area contributed by atoms with E-state index in [9.17, 15) is 18.0 Å². The number of H-pyrrole nitrogens is 1. The SMILES string of the molecule is CCCON(C(=O)Nc1c[nH]cn1)c1cccc(C(F)(F)F)c1. The van der Waals surface area contributed by atoms with Crippen molar-refractivity contribution in [1.29, 1.82) is 0 Å². The van der Waals surface area contributed by atoms with Gasteiger partial charge in [0, 0.05) is 6.20 Å². The molecule has 0 aliphatic rings. The molecule has 0 saturated heterocycles. The summed E-state index contributed by atoms with van der Waals surface area (Å²) in [6, 6.07) is 3.59. The molecule has 2 aromatic rings. The van der Waals surface area contributed by atoms with Crippen LogP contribution >= 0.6 is 0 Å². The minimum atomic E-state index is -4.51. The zero-order chi connectivity index (χ0) is 16.9. The van der Waals surface area contributed by atoms with Gasteiger partial charge in [0.15, 0.2) is 5.82 Å². The maximum absolute atomic E-state index is 12.8. The summed E-state index contributed by atoms with van der Waals surface area (Å²) in [5, 5.41) is 3.21. The number of nitrogens with zero attached hydrogens (tertiary/aromatic N) is 2. The Labute approximate surface area is 130 Å². The molecule has 2 rings (SSSR count). The lowest BCUT2D eigenvalue weighted by atomic mass is 10.2. The number of hydroxylamine groups is 1. The third-order valence-corrected chi connectivity index (χ3v) is 2.75. The van der Waals surface area contributed by atoms with E-state index in [2.05, 4.69) is 15.3 Å². The number of aromatic nitrogens is 2. The first-order valence-corrected chi connectivity index (χ1v) is 6.82. The van der Waals surface area contributed by atoms with Gasteiger partial charge in [-0.3, -0.25) is 10.2 Å². The summed E-state index contributed by atoms with van der Waals surface area (Å²) in [4.78, 5) is 24.0. The number of urea groups is 1. The maximum atomic E-state index is 12.8. The Hall–Kier alpha value is -2.55. The molecule has 1 aromatic carbocycles. The Bertz CT molecular complexity index is 644. The highest BCUT2D eigenvalue weighted by Gasteiger charge is 2.31. The van der Waals surface area contributed by atoms with Crippen LogP contribution in [0.5, 0.6) is 0 Å². The summed E-state index contributed by atoms with van der Waals surface area (Å²) in [5.74, 6) is 0.229. The second-order valence-corrected chi connectivity index (χ2v) is 4.56. The minimum Gasteiger partial charge on any atom is -0.349 e. The number of imidazole rings is 1. The predicted octanol–water partition coefficient (Wildman–Crippen LogP) is 3.81. The summed E-state index contributed by atoms with van der Waals surface area (Å²) >= 11 is 0. The smallest absolute Gasteiger partial charge is 0.349 e. The molecule has 9 heteroatoms. The Morgan fingerprint density at radius 1 is 1.43 bits per heavy atom. The van der Waals surface area contributed by atoms with Crippen molar-refractivity contribution in [2.75, 3.05) is 17.0 Å². The number of aromatic amines is 1. The van der Waals surface area contributed by atoms with Crippen LogP contribution in [-0.4, -0.2) is 22.6 Å². The lowest BCUT2D eigenvalue weighted by Crippen LogP contribution is -2.35. The molecule has 0 radical (unpaired) electrons. The topological polar surface area (TPSA) is 70.2 Å². The van der Waals surface area contributed by atoms with Crippen LogP contribution in [-0.2, 0) is 11.0 Å². The predicted molar refractivity (Wildman–Crippen MR) is 77.8 cm³/mol. The fraction of sp³-hybridized carbons (Fsp3) is 0.286. The maximum Gasteiger partial charge on any atom is 0.416 e. The van der Waals surface area contributed by atoms with E-state index in [0.29, 0.717) is 6.42 Å². The van der Waals surface area contributed by atoms with Gasteiger partial charge in [-0.2, -0.15) is 18.2 Å². The van der Waals surface area contributed by atoms with Crippen LogP contribution < -0.4 is 10.4 Å². The number of carbonyl (C=O) groups is 1. The highest BCUT2D eigenvalue weighted by molar-refractivity contribution is 5.99. The van der Waals surface area contributed by atoms with Crippen molar-refractivity contribution in [3.63, 3.8) is 0 Å². The van der Waals surface area contributed by atoms with Crippen molar-refractivity contribution < 1.29 is 22.8 Å². The largest absolute Gasteiger partial charge is 0.416 e. The average Bonchev–Trinajstić information content (AvgIpc) is 3.00. The van der Waals surface area contributed by atoms with Gasteiger partial charge in [-0.15, -0.1) is 0 Å². The summed E-state index contributed by atoms with van der Waals surface area (Å²) in [6.07, 6.45) is -1.13. The molecule has 2 amide bonds. The van der Waals surface area contributed by atoms with Crippen LogP contribution in [0.3, 0.4) is 0 Å². The van der Waals surface area contributed by atoms with Gasteiger partial charge in [0.25, 0.3) is 0 Å². The summed E-state index contributed by atoms with van der Waals surface area (Å²) in [6.45, 7) is 1.99. The van der Waals surface area contributed by atoms with Crippen LogP contribution in [0.2, 0.25) is 0 Å². The Morgan fingerprint density at radius 2 is 2.22 bits per heavy atom. The summed E-state index contributed by atoms with van der Waals surface area (Å²) in [7, 11) is 0. The second kappa shape index (κ2) is 7.14. The molecule has 6 nitrogen and oxygen atoms in total. The van der Waals surface area contributed by atoms with Crippen molar-refractivity contribution in [1.82, 2.24) is 9.97 Å². The van der Waals surface area contributed by atoms with Gasteiger partial charge in [0.05, 0.1) is 24.2 Å². The number of hydrogen-bond donors (Lipinski definition) is 2. The van der Waals surface area contributed by atoms with Crippen LogP contribution in [0.4, 0.5) is 29.5 Å². The van der Waals surface area contributed by atoms with Crippen LogP contribution in [0.1, 0.15) is 18.9 Å². The number of rotatable bonds is 5. The van der Waals surface area contributed by atoms with Crippen molar-refractivity contribution in [3.05, 3.63) is 42.4 Å². The monoisotopic (exact) mass is 328 g/mol. The minimum absolute atomic E-state index is 0.0266. The van der Waals surface area contributed by atoms with Crippen molar-refractivity contribution in [2.45, 2.75) is 19.5 Å². The van der Waals surface area contributed by atoms with E-state index in [4.69, 9.17) is 4.84 Å². The standard InChI is InChI=1S/C14H15F3N4O2/c1-2-6-23-21(13(22)20-12-8-18-9-19-12)11-5-3-4-10(7-11)14(15,16)17/h3-5,7-9H,2,6H2,1H3,(H,18,19)(H,20,22). The third kappa shape index (κ3) is 4.46. The fourth-order valence-electron chi connectivity index (χ4n) is 1.73. The number of benzene rings is 1. The highest BCUT2D eigenvalue weighted by Crippen LogP contribution is 2.31. The third-order valence-electron chi connectivity index (χ3n) is 2.75. The first kappa shape index (κ1) is 16.8. The van der Waals surface area contributed by atoms with E-state index in [1.807, 2.05) is 6.92 Å². The van der Waals surface area contributed by atoms with Gasteiger partial charge in [0.1, 0.15) is 0 Å². The van der Waals surface area contributed by atoms with Crippen molar-refractivity contribution in [2.24, 2.45) is 0 Å². The molecule has 2 N–H and O–H groups in total. The number of halogens is 3. The van der Waals surface area contributed by atoms with Gasteiger partial charge in [0.2, 0.25) is 0 Å². The average molecular weight is 328 g/mol. The van der Waals surface area contributed by atoms with Gasteiger partial charge in [-0.25, -0.2) is 9.78 Å². The number of amides is 2. The first-order chi connectivity index (χ1) is 10.9. The molecule has 0 bridgehead atoms. The van der Waals surface area contributed by atoms with E-state index in [1.54, 1.807) is 0 Å². The van der Waals surface area contributed by atoms with Crippen LogP contribution in [0.15, 0.2) is 36.8 Å². The lowest BCUT2D eigenvalue weighted by molar-refractivity contribution is -0.137. The van der Waals surface area contributed by atoms with E-state index < -0.39 is 17.8 Å². The normalized spacial score (nSPS) is 11.3. The van der Waals surface area contributed by atoms with E-state index in [-0.39, 0.29) is 18.1 Å². The Kier molecular flexibility index (Phi) is 5.22. The Morgan fingerprint density at radius 3 is 2.83 bits per heavy atom. The van der Waals surface area contributed by atoms with E-state index >= 15 is 0 Å². The van der Waals surface area contributed by atoms with Crippen molar-refractivity contribution in [3.8, 4) is 0 Å². The molecule has 1 heterocycles. The van der Waals surface area contributed by atoms with E-state index in [1.165, 1.54) is 24.7 Å². The lowest BCUT2D eigenvalue weighted by Gasteiger charge is -2.22. The summed E-state index contributed by atoms with van der Waals surface area (Å²) < 4.78 is 38.4. The first-order valence-electron chi connectivity index (χ1n) is 6.82. The van der Waals surface area contributed by atoms with Gasteiger partial charge < -0.3 is 4.98 Å². The molecular weight excluding hydrogens is 313 g/mol. The molecule has 0 fully saturated rings. The number of alkyl halides is 3. The second-order valence-electron chi connectivity index (χ2n) is 4.56. The van der Waals surface area contributed by atoms with Gasteiger partial charge in [-0.1, -0.05) is 13.0 Å². The molecule has 23 heavy (non-hydrogen) atoms. The van der Waals surface area contributed by atoms with Crippen LogP contribution in [0.25, 0.3) is 0 Å². The molecule has 0 aliphatic carbocycles. The molecule has 0 unspecified atom stereocenters. The van der Waals surface area contributed by atoms with Crippen molar-refractivity contribution >= 4 is 17.5 Å². The number of carbonyl (C=O) groups excluding carboxylic acids is 1. The fourth-order valence-corrected chi connectivity index (χ4v) is 1.73. The molecule has 0 aliphatic heterocycles. The number of anilines is 2. The zero-order valence-corrected chi connectivity index (χ0v) is 12.2. The zero-order valence-electron chi connectivity index (χ0n) is 12.2. The summed E-state index contributed by atoms with van der Waals surface area (Å²) in [5.41, 5.74) is -0.894. The van der Waals surface area contributed by atoms with Crippen LogP contribution in [0, 0.1) is 0 Å². The Balaban J connectivity index is 2.25. The highest BCUT2D eigenvalue weighted by atomic mass is 19.4. The molecule has 0 spiro atoms. The molecule has 0 atom stereocenters. The molecule has 1 aromatic heterocycles. The van der Waals surface area contributed by atoms with E-state index in [0.717, 1.165) is 17.2 Å². The number of nitrogens with one attached hydrogen (secondary N) is 2. The molecule has 0 saturated carbocycles. The quantitative estimate of drug-likeness (QED) is 0.820. The molecule has 124 valence electrons. The van der Waals surface area contributed by atoms with Gasteiger partial charge >= 0.3 is 12.2 Å². The number of hydrogen-bond acceptors (Lipinski definition) is 3. The molecular formula is C14H15F3N4O2.